The van der Waals surface area contributed by atoms with Gasteiger partial charge in [-0.05, 0) is 67.8 Å². The molecule has 0 aliphatic heterocycles. The van der Waals surface area contributed by atoms with Crippen molar-refractivity contribution in [2.75, 3.05) is 6.54 Å². The van der Waals surface area contributed by atoms with Crippen molar-refractivity contribution in [3.63, 3.8) is 0 Å². The van der Waals surface area contributed by atoms with Crippen LogP contribution in [-0.2, 0) is 13.0 Å². The fraction of sp³-hybridized carbons (Fsp3) is 0.500. The fourth-order valence-electron chi connectivity index (χ4n) is 4.97. The van der Waals surface area contributed by atoms with Gasteiger partial charge in [0.2, 0.25) is 0 Å². The standard InChI is InChI=1S/C26H34FN5O2/c1-26(2,3)21(30-25(33)34)11-7-15-31(20-10-4-8-18-9-6-14-28-24(18)20)16-19-17-32-22(27)12-5-13-23(32)29-19/h5-6,9,12-14,17,20-21,30H,4,7-8,10-11,15-16H2,1-3H3,(H,33,34). The van der Waals surface area contributed by atoms with Gasteiger partial charge in [-0.3, -0.25) is 14.3 Å². The van der Waals surface area contributed by atoms with E-state index in [1.165, 1.54) is 16.0 Å². The molecule has 0 saturated heterocycles. The SMILES string of the molecule is CC(C)(C)C(CCCN(Cc1cn2c(F)cccc2n1)C1CCCc2cccnc21)NC(=O)O. The Morgan fingerprint density at radius 2 is 2.15 bits per heavy atom. The second-order valence-corrected chi connectivity index (χ2v) is 10.2. The van der Waals surface area contributed by atoms with E-state index in [9.17, 15) is 14.3 Å². The number of fused-ring (bicyclic) bond motifs is 2. The Labute approximate surface area is 200 Å². The lowest BCUT2D eigenvalue weighted by molar-refractivity contribution is 0.147. The van der Waals surface area contributed by atoms with Crippen LogP contribution in [0.1, 0.15) is 69.4 Å². The molecule has 2 N–H and O–H groups in total. The third-order valence-corrected chi connectivity index (χ3v) is 6.74. The number of nitrogens with zero attached hydrogens (tertiary/aromatic N) is 4. The van der Waals surface area contributed by atoms with E-state index in [0.29, 0.717) is 12.2 Å². The van der Waals surface area contributed by atoms with Crippen LogP contribution in [0.2, 0.25) is 0 Å². The molecule has 0 saturated carbocycles. The molecule has 1 aliphatic rings. The zero-order chi connectivity index (χ0) is 24.3. The summed E-state index contributed by atoms with van der Waals surface area (Å²) in [6.45, 7) is 7.51. The molecule has 3 aromatic heterocycles. The van der Waals surface area contributed by atoms with Gasteiger partial charge < -0.3 is 10.4 Å². The van der Waals surface area contributed by atoms with E-state index in [-0.39, 0.29) is 23.4 Å². The van der Waals surface area contributed by atoms with Gasteiger partial charge in [0.05, 0.1) is 17.4 Å². The number of nitrogens with one attached hydrogen (secondary N) is 1. The van der Waals surface area contributed by atoms with Crippen molar-refractivity contribution >= 4 is 11.7 Å². The minimum Gasteiger partial charge on any atom is -0.465 e. The monoisotopic (exact) mass is 467 g/mol. The van der Waals surface area contributed by atoms with Crippen LogP contribution in [0.4, 0.5) is 9.18 Å². The van der Waals surface area contributed by atoms with Gasteiger partial charge in [0.15, 0.2) is 5.95 Å². The highest BCUT2D eigenvalue weighted by Crippen LogP contribution is 2.34. The summed E-state index contributed by atoms with van der Waals surface area (Å²) >= 11 is 0. The Hall–Kier alpha value is -3.00. The molecule has 0 spiro atoms. The van der Waals surface area contributed by atoms with E-state index in [0.717, 1.165) is 50.0 Å². The summed E-state index contributed by atoms with van der Waals surface area (Å²) in [4.78, 5) is 23.1. The number of rotatable bonds is 8. The van der Waals surface area contributed by atoms with Crippen LogP contribution in [-0.4, -0.2) is 43.1 Å². The van der Waals surface area contributed by atoms with Crippen LogP contribution in [0.15, 0.2) is 42.7 Å². The van der Waals surface area contributed by atoms with E-state index < -0.39 is 6.09 Å². The molecular weight excluding hydrogens is 433 g/mol. The van der Waals surface area contributed by atoms with Crippen molar-refractivity contribution in [3.8, 4) is 0 Å². The van der Waals surface area contributed by atoms with Gasteiger partial charge >= 0.3 is 6.09 Å². The van der Waals surface area contributed by atoms with Crippen molar-refractivity contribution in [3.05, 3.63) is 65.6 Å². The highest BCUT2D eigenvalue weighted by molar-refractivity contribution is 5.64. The number of aromatic nitrogens is 3. The summed E-state index contributed by atoms with van der Waals surface area (Å²) in [5, 5.41) is 12.0. The molecule has 0 aromatic carbocycles. The summed E-state index contributed by atoms with van der Waals surface area (Å²) < 4.78 is 15.7. The molecule has 0 radical (unpaired) electrons. The Morgan fingerprint density at radius 1 is 1.32 bits per heavy atom. The third kappa shape index (κ3) is 5.55. The number of imidazole rings is 1. The smallest absolute Gasteiger partial charge is 0.404 e. The molecule has 3 heterocycles. The summed E-state index contributed by atoms with van der Waals surface area (Å²) in [6.07, 6.45) is 7.30. The van der Waals surface area contributed by atoms with E-state index >= 15 is 0 Å². The number of hydrogen-bond acceptors (Lipinski definition) is 4. The van der Waals surface area contributed by atoms with Crippen LogP contribution in [0, 0.1) is 11.4 Å². The van der Waals surface area contributed by atoms with Crippen molar-refractivity contribution in [1.82, 2.24) is 24.6 Å². The number of aryl methyl sites for hydroxylation is 1. The zero-order valence-corrected chi connectivity index (χ0v) is 20.2. The second-order valence-electron chi connectivity index (χ2n) is 10.2. The molecule has 8 heteroatoms. The molecular formula is C26H34FN5O2. The lowest BCUT2D eigenvalue weighted by Crippen LogP contribution is -2.43. The summed E-state index contributed by atoms with van der Waals surface area (Å²) in [5.41, 5.74) is 3.62. The van der Waals surface area contributed by atoms with Crippen LogP contribution < -0.4 is 5.32 Å². The van der Waals surface area contributed by atoms with Gasteiger partial charge in [0.25, 0.3) is 0 Å². The topological polar surface area (TPSA) is 82.8 Å². The van der Waals surface area contributed by atoms with Crippen molar-refractivity contribution in [1.29, 1.82) is 0 Å². The van der Waals surface area contributed by atoms with Gasteiger partial charge in [0.1, 0.15) is 5.65 Å². The molecule has 1 amide bonds. The number of amides is 1. The molecule has 1 aliphatic carbocycles. The van der Waals surface area contributed by atoms with Crippen molar-refractivity contribution in [2.24, 2.45) is 5.41 Å². The van der Waals surface area contributed by atoms with Crippen LogP contribution in [0.5, 0.6) is 0 Å². The maximum absolute atomic E-state index is 14.2. The van der Waals surface area contributed by atoms with Crippen LogP contribution >= 0.6 is 0 Å². The van der Waals surface area contributed by atoms with E-state index in [1.807, 2.05) is 12.3 Å². The predicted molar refractivity (Wildman–Crippen MR) is 129 cm³/mol. The average molecular weight is 468 g/mol. The molecule has 0 bridgehead atoms. The van der Waals surface area contributed by atoms with Gasteiger partial charge in [0, 0.05) is 25.0 Å². The van der Waals surface area contributed by atoms with Crippen LogP contribution in [0.25, 0.3) is 5.65 Å². The summed E-state index contributed by atoms with van der Waals surface area (Å²) in [5.74, 6) is -0.333. The lowest BCUT2D eigenvalue weighted by Gasteiger charge is -2.36. The molecule has 182 valence electrons. The maximum atomic E-state index is 14.2. The van der Waals surface area contributed by atoms with Crippen LogP contribution in [0.3, 0.4) is 0 Å². The average Bonchev–Trinajstić information content (AvgIpc) is 3.20. The number of pyridine rings is 2. The highest BCUT2D eigenvalue weighted by atomic mass is 19.1. The molecule has 3 aromatic rings. The quantitative estimate of drug-likeness (QED) is 0.445. The Balaban J connectivity index is 1.56. The second kappa shape index (κ2) is 10.1. The van der Waals surface area contributed by atoms with Crippen molar-refractivity contribution < 1.29 is 14.3 Å². The van der Waals surface area contributed by atoms with Gasteiger partial charge in [-0.1, -0.05) is 32.9 Å². The first-order valence-electron chi connectivity index (χ1n) is 12.0. The van der Waals surface area contributed by atoms with Crippen molar-refractivity contribution in [2.45, 2.75) is 71.5 Å². The number of carbonyl (C=O) groups is 1. The fourth-order valence-corrected chi connectivity index (χ4v) is 4.97. The zero-order valence-electron chi connectivity index (χ0n) is 20.2. The number of carboxylic acid groups (broad SMARTS) is 1. The Kier molecular flexibility index (Phi) is 7.16. The first kappa shape index (κ1) is 24.1. The van der Waals surface area contributed by atoms with E-state index in [2.05, 4.69) is 42.0 Å². The summed E-state index contributed by atoms with van der Waals surface area (Å²) in [7, 11) is 0. The first-order chi connectivity index (χ1) is 16.2. The lowest BCUT2D eigenvalue weighted by atomic mass is 9.84. The van der Waals surface area contributed by atoms with E-state index in [1.54, 1.807) is 18.3 Å². The molecule has 0 fully saturated rings. The van der Waals surface area contributed by atoms with Gasteiger partial charge in [-0.25, -0.2) is 9.78 Å². The Bertz CT molecular complexity index is 1140. The third-order valence-electron chi connectivity index (χ3n) is 6.74. The molecule has 4 rings (SSSR count). The normalized spacial score (nSPS) is 17.0. The predicted octanol–water partition coefficient (Wildman–Crippen LogP) is 5.21. The minimum atomic E-state index is -0.992. The minimum absolute atomic E-state index is 0.145. The molecule has 7 nitrogen and oxygen atoms in total. The molecule has 34 heavy (non-hydrogen) atoms. The van der Waals surface area contributed by atoms with Gasteiger partial charge in [-0.15, -0.1) is 0 Å². The van der Waals surface area contributed by atoms with Gasteiger partial charge in [-0.2, -0.15) is 4.39 Å². The first-order valence-corrected chi connectivity index (χ1v) is 12.0. The maximum Gasteiger partial charge on any atom is 0.404 e. The van der Waals surface area contributed by atoms with E-state index in [4.69, 9.17) is 4.98 Å². The number of halogens is 1. The molecule has 2 atom stereocenters. The molecule has 2 unspecified atom stereocenters. The highest BCUT2D eigenvalue weighted by Gasteiger charge is 2.30. The summed E-state index contributed by atoms with van der Waals surface area (Å²) in [6, 6.07) is 9.05. The Morgan fingerprint density at radius 3 is 2.88 bits per heavy atom. The number of hydrogen-bond donors (Lipinski definition) is 2. The largest absolute Gasteiger partial charge is 0.465 e.